The molecule has 0 bridgehead atoms. The molecular formula is C57H78. The number of hydrogen-bond acceptors (Lipinski definition) is 0. The van der Waals surface area contributed by atoms with E-state index < -0.39 is 0 Å². The van der Waals surface area contributed by atoms with Crippen LogP contribution in [0, 0.1) is 5.92 Å². The third-order valence-electron chi connectivity index (χ3n) is 9.49. The Morgan fingerprint density at radius 1 is 0.421 bits per heavy atom. The first kappa shape index (κ1) is 50.3. The van der Waals surface area contributed by atoms with Gasteiger partial charge in [0.05, 0.1) is 0 Å². The predicted molar refractivity (Wildman–Crippen MR) is 257 cm³/mol. The van der Waals surface area contributed by atoms with Crippen molar-refractivity contribution in [2.24, 2.45) is 5.92 Å². The molecule has 0 saturated heterocycles. The molecule has 0 aliphatic heterocycles. The molecule has 6 aromatic rings. The van der Waals surface area contributed by atoms with Crippen molar-refractivity contribution in [2.75, 3.05) is 0 Å². The predicted octanol–water partition coefficient (Wildman–Crippen LogP) is 17.2. The van der Waals surface area contributed by atoms with Gasteiger partial charge in [0, 0.05) is 0 Å². The number of benzene rings is 6. The highest BCUT2D eigenvalue weighted by Crippen LogP contribution is 2.21. The fourth-order valence-corrected chi connectivity index (χ4v) is 5.62. The van der Waals surface area contributed by atoms with Crippen LogP contribution in [-0.2, 0) is 24.7 Å². The van der Waals surface area contributed by atoms with Crippen molar-refractivity contribution in [3.8, 4) is 0 Å². The maximum atomic E-state index is 2.26. The Bertz CT molecular complexity index is 1700. The Balaban J connectivity index is 0.000000343. The lowest BCUT2D eigenvalue weighted by molar-refractivity contribution is 0.590. The first-order chi connectivity index (χ1) is 27.4. The van der Waals surface area contributed by atoms with Gasteiger partial charge in [-0.05, 0) is 88.7 Å². The molecule has 6 aromatic carbocycles. The van der Waals surface area contributed by atoms with E-state index in [1.54, 1.807) is 0 Å². The van der Waals surface area contributed by atoms with Gasteiger partial charge in [-0.2, -0.15) is 0 Å². The third kappa shape index (κ3) is 26.0. The molecule has 0 radical (unpaired) electrons. The van der Waals surface area contributed by atoms with E-state index in [0.717, 1.165) is 12.3 Å². The minimum absolute atomic E-state index is 0.293. The van der Waals surface area contributed by atoms with E-state index in [0.29, 0.717) is 17.3 Å². The van der Waals surface area contributed by atoms with Crippen molar-refractivity contribution in [1.82, 2.24) is 0 Å². The van der Waals surface area contributed by atoms with Crippen LogP contribution in [0.1, 0.15) is 141 Å². The van der Waals surface area contributed by atoms with Gasteiger partial charge >= 0.3 is 0 Å². The van der Waals surface area contributed by atoms with E-state index >= 15 is 0 Å². The van der Waals surface area contributed by atoms with Gasteiger partial charge in [0.25, 0.3) is 0 Å². The Kier molecular flexibility index (Phi) is 27.7. The van der Waals surface area contributed by atoms with Crippen LogP contribution in [0.5, 0.6) is 0 Å². The summed E-state index contributed by atoms with van der Waals surface area (Å²) >= 11 is 0. The summed E-state index contributed by atoms with van der Waals surface area (Å²) < 4.78 is 0. The zero-order valence-corrected chi connectivity index (χ0v) is 37.8. The SMILES string of the molecule is CC(C)(C)c1ccccc1.CC(C)Cc1ccccc1.CC(C)c1ccccc1.CCC(C)c1ccccc1.CCCCc1ccccc1.CCc1ccccc1. The second-order valence-corrected chi connectivity index (χ2v) is 16.4. The first-order valence-corrected chi connectivity index (χ1v) is 21.7. The highest BCUT2D eigenvalue weighted by atomic mass is 14.2. The van der Waals surface area contributed by atoms with E-state index in [4.69, 9.17) is 0 Å². The lowest BCUT2D eigenvalue weighted by atomic mass is 9.87. The molecule has 1 unspecified atom stereocenters. The molecule has 0 heteroatoms. The minimum Gasteiger partial charge on any atom is -0.0654 e. The van der Waals surface area contributed by atoms with Gasteiger partial charge in [-0.25, -0.2) is 0 Å². The van der Waals surface area contributed by atoms with Gasteiger partial charge in [-0.1, -0.05) is 265 Å². The summed E-state index contributed by atoms with van der Waals surface area (Å²) in [5.41, 5.74) is 8.87. The van der Waals surface area contributed by atoms with Gasteiger partial charge in [0.15, 0.2) is 0 Å². The van der Waals surface area contributed by atoms with Crippen molar-refractivity contribution >= 4 is 0 Å². The number of rotatable bonds is 9. The van der Waals surface area contributed by atoms with Gasteiger partial charge in [0.2, 0.25) is 0 Å². The molecule has 0 fully saturated rings. The molecule has 0 amide bonds. The summed E-state index contributed by atoms with van der Waals surface area (Å²) in [6.45, 7) is 24.4. The van der Waals surface area contributed by atoms with Crippen molar-refractivity contribution in [3.63, 3.8) is 0 Å². The van der Waals surface area contributed by atoms with Gasteiger partial charge in [-0.3, -0.25) is 0 Å². The number of aryl methyl sites for hydroxylation is 2. The molecule has 0 saturated carbocycles. The fraction of sp³-hybridized carbons (Fsp3) is 0.368. The van der Waals surface area contributed by atoms with Crippen LogP contribution >= 0.6 is 0 Å². The summed E-state index contributed by atoms with van der Waals surface area (Å²) in [4.78, 5) is 0. The zero-order valence-electron chi connectivity index (χ0n) is 37.8. The standard InChI is InChI=1S/4C10H14.C9H12.C8H10/c1-10(2,3)9-7-5-4-6-8-9;1-9(2)8-10-6-4-3-5-7-10;1-3-9(2)10-7-5-4-6-8-10;1-2-3-7-10-8-5-4-6-9-10;1-8(2)9-6-4-3-5-7-9;1-2-8-6-4-3-5-7-8/h4-8H,1-3H3;3-7,9H,8H2,1-2H3;4-9H,3H2,1-2H3;4-6,8-9H,2-3,7H2,1H3;3-8H,1-2H3;3-7H,2H2,1H3. The third-order valence-corrected chi connectivity index (χ3v) is 9.49. The average molecular weight is 763 g/mol. The first-order valence-electron chi connectivity index (χ1n) is 21.7. The van der Waals surface area contributed by atoms with Crippen molar-refractivity contribution in [2.45, 2.75) is 132 Å². The summed E-state index contributed by atoms with van der Waals surface area (Å²) in [7, 11) is 0. The Morgan fingerprint density at radius 3 is 1.09 bits per heavy atom. The van der Waals surface area contributed by atoms with E-state index in [-0.39, 0.29) is 0 Å². The molecule has 6 rings (SSSR count). The molecule has 57 heavy (non-hydrogen) atoms. The summed E-state index contributed by atoms with van der Waals surface area (Å²) in [5, 5.41) is 0. The molecule has 0 aromatic heterocycles. The summed E-state index contributed by atoms with van der Waals surface area (Å²) in [5.74, 6) is 2.13. The molecule has 0 N–H and O–H groups in total. The Hall–Kier alpha value is -4.68. The normalized spacial score (nSPS) is 10.7. The second kappa shape index (κ2) is 31.4. The van der Waals surface area contributed by atoms with E-state index in [9.17, 15) is 0 Å². The van der Waals surface area contributed by atoms with E-state index in [1.165, 1.54) is 65.5 Å². The zero-order chi connectivity index (χ0) is 42.2. The van der Waals surface area contributed by atoms with Crippen molar-refractivity contribution in [1.29, 1.82) is 0 Å². The van der Waals surface area contributed by atoms with Crippen LogP contribution in [0.3, 0.4) is 0 Å². The summed E-state index contributed by atoms with van der Waals surface area (Å²) in [6.07, 6.45) is 7.39. The highest BCUT2D eigenvalue weighted by Gasteiger charge is 2.11. The smallest absolute Gasteiger partial charge is 0.0132 e. The second-order valence-electron chi connectivity index (χ2n) is 16.4. The molecule has 306 valence electrons. The number of hydrogen-bond donors (Lipinski definition) is 0. The summed E-state index contributed by atoms with van der Waals surface area (Å²) in [6, 6.07) is 63.4. The van der Waals surface area contributed by atoms with Crippen LogP contribution in [0.2, 0.25) is 0 Å². The van der Waals surface area contributed by atoms with Gasteiger partial charge in [0.1, 0.15) is 0 Å². The largest absolute Gasteiger partial charge is 0.0654 e. The van der Waals surface area contributed by atoms with E-state index in [1.807, 2.05) is 12.1 Å². The lowest BCUT2D eigenvalue weighted by Crippen LogP contribution is -2.10. The molecule has 0 nitrogen and oxygen atoms in total. The lowest BCUT2D eigenvalue weighted by Gasteiger charge is -2.18. The molecule has 0 aliphatic carbocycles. The molecule has 0 spiro atoms. The highest BCUT2D eigenvalue weighted by molar-refractivity contribution is 5.22. The Morgan fingerprint density at radius 2 is 0.789 bits per heavy atom. The maximum Gasteiger partial charge on any atom is -0.0132 e. The van der Waals surface area contributed by atoms with Crippen LogP contribution in [0.4, 0.5) is 0 Å². The molecule has 0 heterocycles. The van der Waals surface area contributed by atoms with E-state index in [2.05, 4.69) is 246 Å². The van der Waals surface area contributed by atoms with Gasteiger partial charge in [-0.15, -0.1) is 0 Å². The molecule has 0 aliphatic rings. The maximum absolute atomic E-state index is 2.26. The van der Waals surface area contributed by atoms with Crippen LogP contribution < -0.4 is 0 Å². The van der Waals surface area contributed by atoms with Gasteiger partial charge < -0.3 is 0 Å². The quantitative estimate of drug-likeness (QED) is 0.138. The monoisotopic (exact) mass is 763 g/mol. The minimum atomic E-state index is 0.293. The fourth-order valence-electron chi connectivity index (χ4n) is 5.62. The molecule has 1 atom stereocenters. The van der Waals surface area contributed by atoms with Crippen LogP contribution in [0.15, 0.2) is 182 Å². The average Bonchev–Trinajstić information content (AvgIpc) is 3.25. The Labute approximate surface area is 351 Å². The molecular weight excluding hydrogens is 685 g/mol. The van der Waals surface area contributed by atoms with Crippen LogP contribution in [-0.4, -0.2) is 0 Å². The van der Waals surface area contributed by atoms with Crippen molar-refractivity contribution < 1.29 is 0 Å². The van der Waals surface area contributed by atoms with Crippen LogP contribution in [0.25, 0.3) is 0 Å². The number of unbranched alkanes of at least 4 members (excludes halogenated alkanes) is 1. The topological polar surface area (TPSA) is 0 Å². The van der Waals surface area contributed by atoms with Crippen molar-refractivity contribution in [3.05, 3.63) is 215 Å².